The van der Waals surface area contributed by atoms with E-state index < -0.39 is 0 Å². The number of hydrogen-bond donors (Lipinski definition) is 2. The highest BCUT2D eigenvalue weighted by Gasteiger charge is 2.11. The predicted molar refractivity (Wildman–Crippen MR) is 67.7 cm³/mol. The predicted octanol–water partition coefficient (Wildman–Crippen LogP) is 1.54. The van der Waals surface area contributed by atoms with Gasteiger partial charge in [0.25, 0.3) is 5.56 Å². The fraction of sp³-hybridized carbons (Fsp3) is 0.636. The van der Waals surface area contributed by atoms with E-state index in [0.29, 0.717) is 11.1 Å². The lowest BCUT2D eigenvalue weighted by atomic mass is 10.0. The van der Waals surface area contributed by atoms with Gasteiger partial charge in [0, 0.05) is 23.6 Å². The fourth-order valence-electron chi connectivity index (χ4n) is 1.26. The molecule has 5 heteroatoms. The number of aromatic amines is 1. The number of thioether (sulfide) groups is 1. The van der Waals surface area contributed by atoms with E-state index in [1.807, 2.05) is 6.92 Å². The summed E-state index contributed by atoms with van der Waals surface area (Å²) in [6.45, 7) is 6.08. The minimum atomic E-state index is -0.105. The van der Waals surface area contributed by atoms with E-state index in [2.05, 4.69) is 23.8 Å². The first-order chi connectivity index (χ1) is 7.52. The molecule has 1 rings (SSSR count). The second-order valence-electron chi connectivity index (χ2n) is 4.05. The number of H-pyrrole nitrogens is 1. The van der Waals surface area contributed by atoms with Crippen LogP contribution in [-0.2, 0) is 0 Å². The highest BCUT2D eigenvalue weighted by molar-refractivity contribution is 7.99. The van der Waals surface area contributed by atoms with Crippen molar-refractivity contribution in [1.29, 1.82) is 0 Å². The monoisotopic (exact) mass is 241 g/mol. The molecule has 1 aromatic heterocycles. The van der Waals surface area contributed by atoms with Gasteiger partial charge in [-0.2, -0.15) is 0 Å². The van der Waals surface area contributed by atoms with Crippen LogP contribution in [0.25, 0.3) is 0 Å². The number of nitrogens with one attached hydrogen (secondary N) is 1. The van der Waals surface area contributed by atoms with Crippen LogP contribution in [0.5, 0.6) is 0 Å². The van der Waals surface area contributed by atoms with Crippen LogP contribution in [0.4, 0.5) is 0 Å². The number of aryl methyl sites for hydroxylation is 1. The third-order valence-electron chi connectivity index (χ3n) is 2.64. The number of hydrogen-bond acceptors (Lipinski definition) is 4. The zero-order chi connectivity index (χ0) is 12.1. The molecule has 0 amide bonds. The van der Waals surface area contributed by atoms with Crippen molar-refractivity contribution in [3.63, 3.8) is 0 Å². The minimum absolute atomic E-state index is 0.105. The van der Waals surface area contributed by atoms with E-state index in [0.717, 1.165) is 17.9 Å². The molecule has 90 valence electrons. The molecule has 0 aromatic carbocycles. The van der Waals surface area contributed by atoms with Gasteiger partial charge in [-0.15, -0.1) is 0 Å². The average Bonchev–Trinajstić information content (AvgIpc) is 2.23. The first kappa shape index (κ1) is 13.3. The van der Waals surface area contributed by atoms with Crippen LogP contribution >= 0.6 is 11.8 Å². The summed E-state index contributed by atoms with van der Waals surface area (Å²) in [4.78, 5) is 18.1. The largest absolute Gasteiger partial charge is 0.327 e. The zero-order valence-electron chi connectivity index (χ0n) is 9.99. The summed E-state index contributed by atoms with van der Waals surface area (Å²) >= 11 is 1.51. The van der Waals surface area contributed by atoms with Crippen LogP contribution in [0, 0.1) is 12.8 Å². The first-order valence-corrected chi connectivity index (χ1v) is 6.47. The number of nitrogens with zero attached hydrogens (tertiary/aromatic N) is 1. The summed E-state index contributed by atoms with van der Waals surface area (Å²) in [6.07, 6.45) is 1.07. The lowest BCUT2D eigenvalue weighted by Gasteiger charge is -2.17. The molecule has 0 bridgehead atoms. The summed E-state index contributed by atoms with van der Waals surface area (Å²) in [5.74, 6) is 1.27. The van der Waals surface area contributed by atoms with E-state index in [1.54, 1.807) is 0 Å². The Bertz CT molecular complexity index is 391. The molecule has 0 aliphatic rings. The Morgan fingerprint density at radius 1 is 1.62 bits per heavy atom. The molecule has 0 saturated carbocycles. The van der Waals surface area contributed by atoms with E-state index >= 15 is 0 Å². The molecular weight excluding hydrogens is 222 g/mol. The van der Waals surface area contributed by atoms with Gasteiger partial charge < -0.3 is 10.7 Å². The smallest absolute Gasteiger partial charge is 0.251 e. The van der Waals surface area contributed by atoms with Crippen LogP contribution in [-0.4, -0.2) is 21.8 Å². The Hall–Kier alpha value is -0.810. The van der Waals surface area contributed by atoms with Crippen molar-refractivity contribution in [2.24, 2.45) is 11.7 Å². The van der Waals surface area contributed by atoms with Crippen molar-refractivity contribution in [2.75, 3.05) is 5.75 Å². The second kappa shape index (κ2) is 6.06. The van der Waals surface area contributed by atoms with Crippen LogP contribution in [0.3, 0.4) is 0 Å². The lowest BCUT2D eigenvalue weighted by molar-refractivity contribution is 0.475. The van der Waals surface area contributed by atoms with Gasteiger partial charge in [-0.1, -0.05) is 32.0 Å². The van der Waals surface area contributed by atoms with Gasteiger partial charge >= 0.3 is 0 Å². The molecule has 0 spiro atoms. The van der Waals surface area contributed by atoms with Gasteiger partial charge in [0.15, 0.2) is 5.16 Å². The fourth-order valence-corrected chi connectivity index (χ4v) is 2.32. The third-order valence-corrected chi connectivity index (χ3v) is 3.65. The maximum absolute atomic E-state index is 11.2. The van der Waals surface area contributed by atoms with E-state index in [9.17, 15) is 4.79 Å². The summed E-state index contributed by atoms with van der Waals surface area (Å²) in [5.41, 5.74) is 6.65. The van der Waals surface area contributed by atoms with Gasteiger partial charge in [0.05, 0.1) is 0 Å². The maximum atomic E-state index is 11.2. The van der Waals surface area contributed by atoms with Crippen LogP contribution in [0.15, 0.2) is 16.0 Å². The molecule has 2 atom stereocenters. The van der Waals surface area contributed by atoms with Crippen molar-refractivity contribution in [3.8, 4) is 0 Å². The third kappa shape index (κ3) is 3.98. The molecule has 0 aliphatic heterocycles. The van der Waals surface area contributed by atoms with E-state index in [1.165, 1.54) is 17.8 Å². The SMILES string of the molecule is CCC(C)C(N)CSc1nc(C)cc(=O)[nH]1. The van der Waals surface area contributed by atoms with Crippen LogP contribution in [0.1, 0.15) is 26.0 Å². The number of rotatable bonds is 5. The molecule has 0 saturated heterocycles. The van der Waals surface area contributed by atoms with E-state index in [-0.39, 0.29) is 11.6 Å². The van der Waals surface area contributed by atoms with Crippen molar-refractivity contribution in [1.82, 2.24) is 9.97 Å². The quantitative estimate of drug-likeness (QED) is 0.606. The lowest BCUT2D eigenvalue weighted by Crippen LogP contribution is -2.30. The van der Waals surface area contributed by atoms with Gasteiger partial charge in [0.2, 0.25) is 0 Å². The van der Waals surface area contributed by atoms with Gasteiger partial charge in [0.1, 0.15) is 0 Å². The number of nitrogens with two attached hydrogens (primary N) is 1. The summed E-state index contributed by atoms with van der Waals surface area (Å²) < 4.78 is 0. The highest BCUT2D eigenvalue weighted by atomic mass is 32.2. The van der Waals surface area contributed by atoms with Gasteiger partial charge in [-0.05, 0) is 12.8 Å². The molecule has 4 nitrogen and oxygen atoms in total. The molecule has 3 N–H and O–H groups in total. The molecule has 0 aliphatic carbocycles. The Morgan fingerprint density at radius 2 is 2.31 bits per heavy atom. The Labute approximate surface area is 100 Å². The van der Waals surface area contributed by atoms with Crippen LogP contribution < -0.4 is 11.3 Å². The van der Waals surface area contributed by atoms with Crippen molar-refractivity contribution in [3.05, 3.63) is 22.1 Å². The number of aromatic nitrogens is 2. The zero-order valence-corrected chi connectivity index (χ0v) is 10.8. The highest BCUT2D eigenvalue weighted by Crippen LogP contribution is 2.16. The van der Waals surface area contributed by atoms with Crippen LogP contribution in [0.2, 0.25) is 0 Å². The van der Waals surface area contributed by atoms with Gasteiger partial charge in [-0.3, -0.25) is 4.79 Å². The van der Waals surface area contributed by atoms with Crippen molar-refractivity contribution in [2.45, 2.75) is 38.4 Å². The van der Waals surface area contributed by atoms with Crippen molar-refractivity contribution < 1.29 is 0 Å². The minimum Gasteiger partial charge on any atom is -0.327 e. The Balaban J connectivity index is 2.57. The summed E-state index contributed by atoms with van der Waals surface area (Å²) in [6, 6.07) is 1.62. The average molecular weight is 241 g/mol. The first-order valence-electron chi connectivity index (χ1n) is 5.49. The van der Waals surface area contributed by atoms with E-state index in [4.69, 9.17) is 5.73 Å². The topological polar surface area (TPSA) is 71.8 Å². The van der Waals surface area contributed by atoms with Crippen molar-refractivity contribution >= 4 is 11.8 Å². The molecule has 1 aromatic rings. The maximum Gasteiger partial charge on any atom is 0.251 e. The van der Waals surface area contributed by atoms with Gasteiger partial charge in [-0.25, -0.2) is 4.98 Å². The standard InChI is InChI=1S/C11H19N3OS/c1-4-7(2)9(12)6-16-11-13-8(3)5-10(15)14-11/h5,7,9H,4,6,12H2,1-3H3,(H,13,14,15). The normalized spacial score (nSPS) is 14.8. The Kier molecular flexibility index (Phi) is 5.02. The molecule has 1 heterocycles. The molecule has 16 heavy (non-hydrogen) atoms. The molecule has 0 radical (unpaired) electrons. The Morgan fingerprint density at radius 3 is 2.88 bits per heavy atom. The molecule has 0 fully saturated rings. The summed E-state index contributed by atoms with van der Waals surface area (Å²) in [7, 11) is 0. The second-order valence-corrected chi connectivity index (χ2v) is 5.06. The molecular formula is C11H19N3OS. The summed E-state index contributed by atoms with van der Waals surface area (Å²) in [5, 5.41) is 0.656. The molecule has 2 unspecified atom stereocenters.